The lowest BCUT2D eigenvalue weighted by Crippen LogP contribution is -2.25. The lowest BCUT2D eigenvalue weighted by molar-refractivity contribution is -0.123. The van der Waals surface area contributed by atoms with Crippen LogP contribution in [0.4, 0.5) is 0 Å². The number of hydrazone groups is 1. The zero-order valence-electron chi connectivity index (χ0n) is 14.1. The fourth-order valence-corrected chi connectivity index (χ4v) is 2.24. The third-order valence-corrected chi connectivity index (χ3v) is 3.48. The molecule has 2 aromatic carbocycles. The fraction of sp³-hybridized carbons (Fsp3) is 0.211. The molecule has 25 heavy (non-hydrogen) atoms. The molecule has 0 radical (unpaired) electrons. The number of hydrogen-bond donors (Lipinski definition) is 2. The zero-order valence-corrected chi connectivity index (χ0v) is 14.1. The molecule has 2 rings (SSSR count). The number of ether oxygens (including phenoxy) is 1. The van der Waals surface area contributed by atoms with Crippen molar-refractivity contribution in [3.05, 3.63) is 65.2 Å². The lowest BCUT2D eigenvalue weighted by atomic mass is 10.0. The summed E-state index contributed by atoms with van der Waals surface area (Å²) >= 11 is 0. The first kappa shape index (κ1) is 18.2. The summed E-state index contributed by atoms with van der Waals surface area (Å²) in [5.41, 5.74) is 3.87. The minimum atomic E-state index is -1.05. The number of carboxylic acids is 1. The van der Waals surface area contributed by atoms with Gasteiger partial charge in [-0.1, -0.05) is 50.2 Å². The van der Waals surface area contributed by atoms with Crippen LogP contribution in [0.3, 0.4) is 0 Å². The molecule has 0 aromatic heterocycles. The molecule has 6 nitrogen and oxygen atoms in total. The van der Waals surface area contributed by atoms with Crippen molar-refractivity contribution in [2.75, 3.05) is 6.61 Å². The molecule has 0 saturated carbocycles. The summed E-state index contributed by atoms with van der Waals surface area (Å²) in [6, 6.07) is 13.9. The smallest absolute Gasteiger partial charge is 0.336 e. The maximum absolute atomic E-state index is 11.8. The van der Waals surface area contributed by atoms with E-state index in [1.165, 1.54) is 12.3 Å². The van der Waals surface area contributed by atoms with Gasteiger partial charge in [0.1, 0.15) is 5.75 Å². The molecule has 0 aliphatic carbocycles. The van der Waals surface area contributed by atoms with Crippen molar-refractivity contribution in [1.29, 1.82) is 0 Å². The molecule has 0 saturated heterocycles. The van der Waals surface area contributed by atoms with Crippen molar-refractivity contribution in [1.82, 2.24) is 5.43 Å². The maximum Gasteiger partial charge on any atom is 0.336 e. The molecular formula is C19H20N2O4. The van der Waals surface area contributed by atoms with Crippen molar-refractivity contribution in [2.24, 2.45) is 5.10 Å². The number of benzene rings is 2. The van der Waals surface area contributed by atoms with Crippen LogP contribution in [-0.4, -0.2) is 29.8 Å². The Morgan fingerprint density at radius 3 is 2.56 bits per heavy atom. The van der Waals surface area contributed by atoms with E-state index in [9.17, 15) is 9.59 Å². The maximum atomic E-state index is 11.8. The van der Waals surface area contributed by atoms with Crippen LogP contribution in [0.25, 0.3) is 0 Å². The number of carbonyl (C=O) groups excluding carboxylic acids is 1. The molecule has 0 aliphatic heterocycles. The highest BCUT2D eigenvalue weighted by Gasteiger charge is 2.09. The van der Waals surface area contributed by atoms with Crippen molar-refractivity contribution in [2.45, 2.75) is 19.8 Å². The second kappa shape index (κ2) is 8.63. The van der Waals surface area contributed by atoms with Gasteiger partial charge in [0.25, 0.3) is 5.91 Å². The van der Waals surface area contributed by atoms with E-state index in [0.717, 1.165) is 5.56 Å². The molecule has 0 spiro atoms. The molecule has 6 heteroatoms. The summed E-state index contributed by atoms with van der Waals surface area (Å²) in [5, 5.41) is 12.9. The first-order valence-corrected chi connectivity index (χ1v) is 7.85. The van der Waals surface area contributed by atoms with Crippen LogP contribution >= 0.6 is 0 Å². The lowest BCUT2D eigenvalue weighted by Gasteiger charge is -2.13. The molecule has 130 valence electrons. The Morgan fingerprint density at radius 1 is 1.16 bits per heavy atom. The number of para-hydroxylation sites is 1. The van der Waals surface area contributed by atoms with Crippen LogP contribution in [-0.2, 0) is 4.79 Å². The second-order valence-electron chi connectivity index (χ2n) is 5.67. The topological polar surface area (TPSA) is 88.0 Å². The highest BCUT2D eigenvalue weighted by molar-refractivity contribution is 5.98. The summed E-state index contributed by atoms with van der Waals surface area (Å²) in [7, 11) is 0. The van der Waals surface area contributed by atoms with Gasteiger partial charge < -0.3 is 9.84 Å². The Labute approximate surface area is 146 Å². The van der Waals surface area contributed by atoms with Gasteiger partial charge in [0.2, 0.25) is 0 Å². The van der Waals surface area contributed by atoms with E-state index in [4.69, 9.17) is 9.84 Å². The summed E-state index contributed by atoms with van der Waals surface area (Å²) in [5.74, 6) is -0.540. The Morgan fingerprint density at radius 2 is 1.84 bits per heavy atom. The van der Waals surface area contributed by atoms with Gasteiger partial charge in [-0.25, -0.2) is 10.2 Å². The minimum Gasteiger partial charge on any atom is -0.483 e. The van der Waals surface area contributed by atoms with Crippen molar-refractivity contribution in [3.63, 3.8) is 0 Å². The molecule has 0 heterocycles. The number of hydrogen-bond acceptors (Lipinski definition) is 4. The number of nitrogens with one attached hydrogen (secondary N) is 1. The van der Waals surface area contributed by atoms with Gasteiger partial charge in [-0.2, -0.15) is 5.10 Å². The average Bonchev–Trinajstić information content (AvgIpc) is 2.60. The van der Waals surface area contributed by atoms with Gasteiger partial charge in [-0.05, 0) is 23.6 Å². The van der Waals surface area contributed by atoms with Crippen molar-refractivity contribution in [3.8, 4) is 5.75 Å². The Balaban J connectivity index is 1.93. The predicted octanol–water partition coefficient (Wildman–Crippen LogP) is 3.04. The highest BCUT2D eigenvalue weighted by Crippen LogP contribution is 2.25. The molecular weight excluding hydrogens is 320 g/mol. The van der Waals surface area contributed by atoms with Crippen molar-refractivity contribution < 1.29 is 19.4 Å². The summed E-state index contributed by atoms with van der Waals surface area (Å²) in [4.78, 5) is 22.9. The van der Waals surface area contributed by atoms with Gasteiger partial charge in [0, 0.05) is 5.56 Å². The van der Waals surface area contributed by atoms with E-state index >= 15 is 0 Å². The second-order valence-corrected chi connectivity index (χ2v) is 5.67. The van der Waals surface area contributed by atoms with Crippen molar-refractivity contribution >= 4 is 18.1 Å². The quantitative estimate of drug-likeness (QED) is 0.599. The normalized spacial score (nSPS) is 10.8. The number of aromatic carboxylic acids is 1. The molecule has 1 amide bonds. The number of amides is 1. The minimum absolute atomic E-state index is 0.114. The van der Waals surface area contributed by atoms with Crippen LogP contribution < -0.4 is 10.2 Å². The molecule has 2 N–H and O–H groups in total. The largest absolute Gasteiger partial charge is 0.483 e. The first-order chi connectivity index (χ1) is 12.0. The summed E-state index contributed by atoms with van der Waals surface area (Å²) < 4.78 is 5.54. The molecule has 0 aliphatic rings. The number of rotatable bonds is 7. The number of carbonyl (C=O) groups is 2. The van der Waals surface area contributed by atoms with E-state index in [-0.39, 0.29) is 18.1 Å². The summed E-state index contributed by atoms with van der Waals surface area (Å²) in [6.07, 6.45) is 1.30. The SMILES string of the molecule is CC(C)c1ccccc1OCC(=O)N/N=C/c1ccccc1C(=O)O. The van der Waals surface area contributed by atoms with Crippen LogP contribution in [0, 0.1) is 0 Å². The highest BCUT2D eigenvalue weighted by atomic mass is 16.5. The fourth-order valence-electron chi connectivity index (χ4n) is 2.24. The standard InChI is InChI=1S/C19H20N2O4/c1-13(2)15-8-5-6-10-17(15)25-12-18(22)21-20-11-14-7-3-4-9-16(14)19(23)24/h3-11,13H,12H2,1-2H3,(H,21,22)(H,23,24)/b20-11+. The molecule has 0 fully saturated rings. The molecule has 0 unspecified atom stereocenters. The van der Waals surface area contributed by atoms with Gasteiger partial charge >= 0.3 is 5.97 Å². The van der Waals surface area contributed by atoms with Gasteiger partial charge in [-0.15, -0.1) is 0 Å². The molecule has 0 atom stereocenters. The molecule has 2 aromatic rings. The van der Waals surface area contributed by atoms with Crippen LogP contribution in [0.15, 0.2) is 53.6 Å². The Kier molecular flexibility index (Phi) is 6.28. The van der Waals surface area contributed by atoms with E-state index in [2.05, 4.69) is 10.5 Å². The van der Waals surface area contributed by atoms with Gasteiger partial charge in [0.05, 0.1) is 11.8 Å². The van der Waals surface area contributed by atoms with Gasteiger partial charge in [-0.3, -0.25) is 4.79 Å². The predicted molar refractivity (Wildman–Crippen MR) is 95.2 cm³/mol. The van der Waals surface area contributed by atoms with Crippen LogP contribution in [0.1, 0.15) is 41.3 Å². The molecule has 0 bridgehead atoms. The van der Waals surface area contributed by atoms with Gasteiger partial charge in [0.15, 0.2) is 6.61 Å². The van der Waals surface area contributed by atoms with E-state index in [1.807, 2.05) is 38.1 Å². The first-order valence-electron chi connectivity index (χ1n) is 7.85. The average molecular weight is 340 g/mol. The third-order valence-electron chi connectivity index (χ3n) is 3.48. The van der Waals surface area contributed by atoms with E-state index in [0.29, 0.717) is 11.3 Å². The number of carboxylic acid groups (broad SMARTS) is 1. The zero-order chi connectivity index (χ0) is 18.2. The monoisotopic (exact) mass is 340 g/mol. The number of nitrogens with zero attached hydrogens (tertiary/aromatic N) is 1. The van der Waals surface area contributed by atoms with Crippen LogP contribution in [0.2, 0.25) is 0 Å². The van der Waals surface area contributed by atoms with E-state index < -0.39 is 11.9 Å². The Bertz CT molecular complexity index is 784. The summed E-state index contributed by atoms with van der Waals surface area (Å²) in [6.45, 7) is 3.92. The third kappa shape index (κ3) is 5.17. The van der Waals surface area contributed by atoms with Crippen LogP contribution in [0.5, 0.6) is 5.75 Å². The van der Waals surface area contributed by atoms with E-state index in [1.54, 1.807) is 18.2 Å². The Hall–Kier alpha value is -3.15.